The van der Waals surface area contributed by atoms with Crippen molar-refractivity contribution in [3.05, 3.63) is 29.6 Å². The van der Waals surface area contributed by atoms with Gasteiger partial charge in [-0.25, -0.2) is 14.0 Å². The van der Waals surface area contributed by atoms with Gasteiger partial charge in [-0.2, -0.15) is 0 Å². The minimum absolute atomic E-state index is 0.000566. The van der Waals surface area contributed by atoms with Crippen LogP contribution in [-0.2, 0) is 9.57 Å². The minimum atomic E-state index is -0.426. The van der Waals surface area contributed by atoms with Gasteiger partial charge >= 0.3 is 12.1 Å². The first-order chi connectivity index (χ1) is 16.9. The first kappa shape index (κ1) is 26.7. The maximum absolute atomic E-state index is 14.7. The summed E-state index contributed by atoms with van der Waals surface area (Å²) < 4.78 is 20.0. The van der Waals surface area contributed by atoms with Gasteiger partial charge in [-0.15, -0.1) is 0 Å². The normalized spacial score (nSPS) is 18.8. The molecule has 0 atom stereocenters. The van der Waals surface area contributed by atoms with Crippen molar-refractivity contribution in [2.75, 3.05) is 31.6 Å². The number of nitrogens with zero attached hydrogens (tertiary/aromatic N) is 2. The summed E-state index contributed by atoms with van der Waals surface area (Å²) in [5, 5.41) is 18.3. The maximum Gasteiger partial charge on any atom is 0.410 e. The van der Waals surface area contributed by atoms with Crippen LogP contribution in [0.5, 0.6) is 0 Å². The van der Waals surface area contributed by atoms with Crippen molar-refractivity contribution in [1.82, 2.24) is 10.2 Å². The topological polar surface area (TPSA) is 112 Å². The fraction of sp³-hybridized carbons (Fsp3) is 0.640. The Bertz CT molecular complexity index is 877. The van der Waals surface area contributed by atoms with Gasteiger partial charge in [0.15, 0.2) is 0 Å². The largest absolute Gasteiger partial charge is 0.447 e. The molecule has 10 heteroatoms. The number of carbonyl (C=O) groups is 2. The maximum atomic E-state index is 14.7. The highest BCUT2D eigenvalue weighted by Gasteiger charge is 2.26. The SMILES string of the molecule is CC(C)OC(=O)N1CCC(ON=C2CCC(c3ccc(NC(=O)NCCCO)cc3F)CC2)CC1. The molecule has 0 aromatic heterocycles. The zero-order valence-corrected chi connectivity index (χ0v) is 20.6. The van der Waals surface area contributed by atoms with E-state index in [-0.39, 0.29) is 36.6 Å². The van der Waals surface area contributed by atoms with Crippen molar-refractivity contribution in [1.29, 1.82) is 0 Å². The molecule has 1 aromatic carbocycles. The molecular formula is C25H37FN4O5. The number of aliphatic hydroxyl groups is 1. The van der Waals surface area contributed by atoms with E-state index >= 15 is 0 Å². The van der Waals surface area contributed by atoms with E-state index in [0.717, 1.165) is 44.2 Å². The molecular weight excluding hydrogens is 455 g/mol. The lowest BCUT2D eigenvalue weighted by molar-refractivity contribution is 0.00403. The number of amides is 3. The predicted molar refractivity (Wildman–Crippen MR) is 131 cm³/mol. The quantitative estimate of drug-likeness (QED) is 0.369. The van der Waals surface area contributed by atoms with Gasteiger partial charge in [-0.05, 0) is 69.6 Å². The third kappa shape index (κ3) is 8.38. The number of carbonyl (C=O) groups excluding carboxylic acids is 2. The predicted octanol–water partition coefficient (Wildman–Crippen LogP) is 4.37. The van der Waals surface area contributed by atoms with Gasteiger partial charge in [0, 0.05) is 44.8 Å². The molecule has 3 N–H and O–H groups in total. The first-order valence-corrected chi connectivity index (χ1v) is 12.5. The van der Waals surface area contributed by atoms with Crippen molar-refractivity contribution in [3.63, 3.8) is 0 Å². The Hall–Kier alpha value is -2.88. The molecule has 2 aliphatic rings. The summed E-state index contributed by atoms with van der Waals surface area (Å²) in [6.45, 7) is 5.21. The molecule has 0 unspecified atom stereocenters. The molecule has 194 valence electrons. The van der Waals surface area contributed by atoms with Crippen molar-refractivity contribution in [2.24, 2.45) is 5.16 Å². The van der Waals surface area contributed by atoms with Crippen LogP contribution in [0.25, 0.3) is 0 Å². The Morgan fingerprint density at radius 3 is 2.54 bits per heavy atom. The molecule has 0 spiro atoms. The Morgan fingerprint density at radius 2 is 1.91 bits per heavy atom. The fourth-order valence-corrected chi connectivity index (χ4v) is 4.31. The Morgan fingerprint density at radius 1 is 1.20 bits per heavy atom. The van der Waals surface area contributed by atoms with Gasteiger partial charge in [-0.1, -0.05) is 11.2 Å². The summed E-state index contributed by atoms with van der Waals surface area (Å²) in [6, 6.07) is 4.36. The third-order valence-electron chi connectivity index (χ3n) is 6.25. The molecule has 9 nitrogen and oxygen atoms in total. The molecule has 0 radical (unpaired) electrons. The molecule has 3 amide bonds. The van der Waals surface area contributed by atoms with Crippen LogP contribution in [0.3, 0.4) is 0 Å². The van der Waals surface area contributed by atoms with Gasteiger partial charge in [-0.3, -0.25) is 0 Å². The summed E-state index contributed by atoms with van der Waals surface area (Å²) in [4.78, 5) is 31.3. The highest BCUT2D eigenvalue weighted by atomic mass is 19.1. The second-order valence-electron chi connectivity index (χ2n) is 9.35. The highest BCUT2D eigenvalue weighted by molar-refractivity contribution is 5.89. The van der Waals surface area contributed by atoms with E-state index in [1.165, 1.54) is 6.07 Å². The zero-order chi connectivity index (χ0) is 25.2. The first-order valence-electron chi connectivity index (χ1n) is 12.5. The van der Waals surface area contributed by atoms with Crippen LogP contribution in [0, 0.1) is 5.82 Å². The van der Waals surface area contributed by atoms with E-state index in [2.05, 4.69) is 15.8 Å². The molecule has 1 saturated carbocycles. The van der Waals surface area contributed by atoms with E-state index in [1.54, 1.807) is 17.0 Å². The third-order valence-corrected chi connectivity index (χ3v) is 6.25. The van der Waals surface area contributed by atoms with E-state index in [9.17, 15) is 14.0 Å². The van der Waals surface area contributed by atoms with Crippen molar-refractivity contribution >= 4 is 23.5 Å². The van der Waals surface area contributed by atoms with Crippen LogP contribution in [0.4, 0.5) is 19.7 Å². The van der Waals surface area contributed by atoms with Crippen molar-refractivity contribution < 1.29 is 28.7 Å². The van der Waals surface area contributed by atoms with Crippen molar-refractivity contribution in [2.45, 2.75) is 76.9 Å². The molecule has 3 rings (SSSR count). The van der Waals surface area contributed by atoms with Crippen LogP contribution in [0.1, 0.15) is 70.3 Å². The number of hydrogen-bond acceptors (Lipinski definition) is 6. The van der Waals surface area contributed by atoms with Crippen molar-refractivity contribution in [3.8, 4) is 0 Å². The summed E-state index contributed by atoms with van der Waals surface area (Å²) in [5.41, 5.74) is 2.03. The van der Waals surface area contributed by atoms with Gasteiger partial charge in [0.1, 0.15) is 11.9 Å². The van der Waals surface area contributed by atoms with Gasteiger partial charge in [0.25, 0.3) is 0 Å². The number of ether oxygens (including phenoxy) is 1. The molecule has 1 aliphatic heterocycles. The lowest BCUT2D eigenvalue weighted by Crippen LogP contribution is -2.41. The molecule has 1 aliphatic carbocycles. The van der Waals surface area contributed by atoms with Crippen LogP contribution >= 0.6 is 0 Å². The standard InChI is InChI=1S/C25H37FN4O5/c1-17(2)34-25(33)30-13-10-21(11-14-30)35-29-19-6-4-18(5-7-19)22-9-8-20(16-23(22)26)28-24(32)27-12-3-15-31/h8-9,16-18,21,31H,3-7,10-15H2,1-2H3,(H2,27,28,32). The summed E-state index contributed by atoms with van der Waals surface area (Å²) in [6.07, 6.45) is 4.55. The van der Waals surface area contributed by atoms with E-state index in [0.29, 0.717) is 37.3 Å². The monoisotopic (exact) mass is 492 g/mol. The van der Waals surface area contributed by atoms with Gasteiger partial charge in [0.05, 0.1) is 11.8 Å². The Balaban J connectivity index is 1.42. The number of benzene rings is 1. The second-order valence-corrected chi connectivity index (χ2v) is 9.35. The molecule has 2 fully saturated rings. The minimum Gasteiger partial charge on any atom is -0.447 e. The number of aliphatic hydroxyl groups excluding tert-OH is 1. The van der Waals surface area contributed by atoms with Crippen LogP contribution in [0.15, 0.2) is 23.4 Å². The lowest BCUT2D eigenvalue weighted by Gasteiger charge is -2.31. The zero-order valence-electron chi connectivity index (χ0n) is 20.6. The number of nitrogens with one attached hydrogen (secondary N) is 2. The fourth-order valence-electron chi connectivity index (χ4n) is 4.31. The summed E-state index contributed by atoms with van der Waals surface area (Å²) in [7, 11) is 0. The Kier molecular flexibility index (Phi) is 10.1. The number of piperidine rings is 1. The van der Waals surface area contributed by atoms with E-state index in [4.69, 9.17) is 14.7 Å². The number of rotatable bonds is 8. The summed E-state index contributed by atoms with van der Waals surface area (Å²) in [5.74, 6) is -0.237. The number of hydrogen-bond donors (Lipinski definition) is 3. The smallest absolute Gasteiger partial charge is 0.410 e. The molecule has 0 bridgehead atoms. The number of likely N-dealkylation sites (tertiary alicyclic amines) is 1. The number of anilines is 1. The summed E-state index contributed by atoms with van der Waals surface area (Å²) >= 11 is 0. The molecule has 1 saturated heterocycles. The van der Waals surface area contributed by atoms with Crippen LogP contribution in [0.2, 0.25) is 0 Å². The highest BCUT2D eigenvalue weighted by Crippen LogP contribution is 2.34. The lowest BCUT2D eigenvalue weighted by atomic mass is 9.83. The molecule has 35 heavy (non-hydrogen) atoms. The molecule has 1 heterocycles. The number of urea groups is 1. The van der Waals surface area contributed by atoms with Crippen LogP contribution < -0.4 is 10.6 Å². The van der Waals surface area contributed by atoms with Gasteiger partial charge < -0.3 is 30.2 Å². The van der Waals surface area contributed by atoms with Gasteiger partial charge in [0.2, 0.25) is 0 Å². The van der Waals surface area contributed by atoms with Crippen LogP contribution in [-0.4, -0.2) is 66.3 Å². The average Bonchev–Trinajstić information content (AvgIpc) is 2.83. The number of oxime groups is 1. The van der Waals surface area contributed by atoms with E-state index in [1.807, 2.05) is 13.8 Å². The second kappa shape index (κ2) is 13.3. The Labute approximate surface area is 206 Å². The average molecular weight is 493 g/mol. The number of halogens is 1. The molecule has 1 aromatic rings. The van der Waals surface area contributed by atoms with E-state index < -0.39 is 6.03 Å².